The molecule has 0 aromatic heterocycles. The molecule has 33 heavy (non-hydrogen) atoms. The minimum Gasteiger partial charge on any atom is -0.480 e. The Morgan fingerprint density at radius 1 is 1.03 bits per heavy atom. The molecule has 0 saturated carbocycles. The third-order valence-corrected chi connectivity index (χ3v) is 4.81. The summed E-state index contributed by atoms with van der Waals surface area (Å²) in [5.74, 6) is -1.02. The van der Waals surface area contributed by atoms with Crippen LogP contribution in [-0.4, -0.2) is 41.4 Å². The number of ether oxygens (including phenoxy) is 1. The topological polar surface area (TPSA) is 134 Å². The summed E-state index contributed by atoms with van der Waals surface area (Å²) >= 11 is 0. The van der Waals surface area contributed by atoms with E-state index in [1.54, 1.807) is 20.8 Å². The second-order valence-electron chi connectivity index (χ2n) is 9.49. The molecular weight excluding hydrogens is 426 g/mol. The zero-order valence-electron chi connectivity index (χ0n) is 19.7. The quantitative estimate of drug-likeness (QED) is 0.377. The molecule has 0 heterocycles. The van der Waals surface area contributed by atoms with Crippen molar-refractivity contribution in [1.29, 1.82) is 0 Å². The molecule has 2 rings (SSSR count). The van der Waals surface area contributed by atoms with Crippen molar-refractivity contribution in [3.8, 4) is 0 Å². The predicted molar refractivity (Wildman–Crippen MR) is 128 cm³/mol. The first kappa shape index (κ1) is 25.9. The van der Waals surface area contributed by atoms with E-state index in [1.807, 2.05) is 44.2 Å². The van der Waals surface area contributed by atoms with Gasteiger partial charge in [-0.3, -0.25) is 9.59 Å². The van der Waals surface area contributed by atoms with Crippen molar-refractivity contribution in [3.63, 3.8) is 0 Å². The van der Waals surface area contributed by atoms with Crippen LogP contribution in [0.1, 0.15) is 46.6 Å². The molecule has 0 aliphatic rings. The van der Waals surface area contributed by atoms with Gasteiger partial charge < -0.3 is 25.8 Å². The lowest BCUT2D eigenvalue weighted by Crippen LogP contribution is -2.46. The summed E-state index contributed by atoms with van der Waals surface area (Å²) in [5.41, 5.74) is -1.20. The number of hydrogen-bond acceptors (Lipinski definition) is 7. The largest absolute Gasteiger partial charge is 0.480 e. The van der Waals surface area contributed by atoms with E-state index < -0.39 is 40.6 Å². The maximum absolute atomic E-state index is 12.3. The minimum atomic E-state index is -1.10. The van der Waals surface area contributed by atoms with Crippen LogP contribution in [0.25, 0.3) is 0 Å². The zero-order chi connectivity index (χ0) is 24.8. The lowest BCUT2D eigenvalue weighted by atomic mass is 10.0. The van der Waals surface area contributed by atoms with Crippen LogP contribution in [0.5, 0.6) is 0 Å². The average Bonchev–Trinajstić information content (AvgIpc) is 2.70. The molecule has 0 aliphatic carbocycles. The van der Waals surface area contributed by atoms with Gasteiger partial charge in [-0.2, -0.15) is 0 Å². The van der Waals surface area contributed by atoms with Gasteiger partial charge in [-0.15, -0.1) is 0 Å². The predicted octanol–water partition coefficient (Wildman–Crippen LogP) is 2.74. The SMILES string of the molecule is CC(C)C[C@H](Nc1c(NC[C@H](Cc2ccccc2)NC(=O)OC(C)(C)C)c(=O)c1=O)C(=O)O. The van der Waals surface area contributed by atoms with E-state index in [0.717, 1.165) is 5.56 Å². The molecular formula is C24H33N3O6. The number of amides is 1. The van der Waals surface area contributed by atoms with Crippen LogP contribution in [0.4, 0.5) is 16.2 Å². The van der Waals surface area contributed by atoms with Gasteiger partial charge in [0.1, 0.15) is 23.0 Å². The fourth-order valence-corrected chi connectivity index (χ4v) is 3.34. The Kier molecular flexibility index (Phi) is 8.62. The molecule has 0 bridgehead atoms. The summed E-state index contributed by atoms with van der Waals surface area (Å²) in [6, 6.07) is 8.03. The molecule has 0 spiro atoms. The Hall–Kier alpha value is -3.36. The van der Waals surface area contributed by atoms with Crippen molar-refractivity contribution in [2.45, 2.75) is 65.1 Å². The highest BCUT2D eigenvalue weighted by atomic mass is 16.6. The normalized spacial score (nSPS) is 13.4. The van der Waals surface area contributed by atoms with Gasteiger partial charge in [0.2, 0.25) is 0 Å². The fourth-order valence-electron chi connectivity index (χ4n) is 3.34. The van der Waals surface area contributed by atoms with Crippen molar-refractivity contribution in [1.82, 2.24) is 5.32 Å². The smallest absolute Gasteiger partial charge is 0.407 e. The molecule has 2 aromatic carbocycles. The van der Waals surface area contributed by atoms with E-state index in [-0.39, 0.29) is 23.8 Å². The molecule has 0 fully saturated rings. The second kappa shape index (κ2) is 11.0. The van der Waals surface area contributed by atoms with Gasteiger partial charge >= 0.3 is 12.1 Å². The fraction of sp³-hybridized carbons (Fsp3) is 0.500. The number of aliphatic carboxylic acids is 1. The van der Waals surface area contributed by atoms with Crippen LogP contribution in [-0.2, 0) is 16.0 Å². The first-order chi connectivity index (χ1) is 15.4. The Morgan fingerprint density at radius 2 is 1.64 bits per heavy atom. The molecule has 0 unspecified atom stereocenters. The number of rotatable bonds is 11. The summed E-state index contributed by atoms with van der Waals surface area (Å²) in [6.07, 6.45) is 0.150. The van der Waals surface area contributed by atoms with E-state index in [4.69, 9.17) is 4.74 Å². The maximum atomic E-state index is 12.3. The summed E-state index contributed by atoms with van der Waals surface area (Å²) in [7, 11) is 0. The third kappa shape index (κ3) is 7.93. The van der Waals surface area contributed by atoms with Crippen molar-refractivity contribution >= 4 is 23.4 Å². The number of alkyl carbamates (subject to hydrolysis) is 1. The van der Waals surface area contributed by atoms with Crippen molar-refractivity contribution in [2.75, 3.05) is 17.2 Å². The van der Waals surface area contributed by atoms with Crippen LogP contribution in [0, 0.1) is 5.92 Å². The minimum absolute atomic E-state index is 0.0269. The second-order valence-corrected chi connectivity index (χ2v) is 9.49. The Balaban J connectivity index is 2.15. The summed E-state index contributed by atoms with van der Waals surface area (Å²) in [4.78, 5) is 48.1. The first-order valence-electron chi connectivity index (χ1n) is 11.0. The lowest BCUT2D eigenvalue weighted by Gasteiger charge is -2.25. The summed E-state index contributed by atoms with van der Waals surface area (Å²) in [5, 5.41) is 17.8. The molecule has 0 aliphatic heterocycles. The van der Waals surface area contributed by atoms with Crippen LogP contribution in [0.15, 0.2) is 39.9 Å². The molecule has 4 N–H and O–H groups in total. The number of carbonyl (C=O) groups is 2. The standard InChI is InChI=1S/C24H33N3O6/c1-14(2)11-17(22(30)31)27-19-18(20(28)21(19)29)25-13-16(12-15-9-7-6-8-10-15)26-23(32)33-24(3,4)5/h6-10,14,16-17,25,27H,11-13H2,1-5H3,(H,26,32)(H,30,31)/t16-,17-/m0/s1. The number of benzene rings is 1. The highest BCUT2D eigenvalue weighted by Gasteiger charge is 2.28. The van der Waals surface area contributed by atoms with Crippen LogP contribution < -0.4 is 26.8 Å². The van der Waals surface area contributed by atoms with Crippen LogP contribution in [0.2, 0.25) is 0 Å². The number of carboxylic acid groups (broad SMARTS) is 1. The van der Waals surface area contributed by atoms with Gasteiger partial charge in [0.25, 0.3) is 10.9 Å². The number of anilines is 2. The molecule has 0 radical (unpaired) electrons. The van der Waals surface area contributed by atoms with Crippen LogP contribution >= 0.6 is 0 Å². The van der Waals surface area contributed by atoms with Crippen molar-refractivity contribution in [3.05, 3.63) is 56.3 Å². The number of hydrogen-bond donors (Lipinski definition) is 4. The first-order valence-corrected chi connectivity index (χ1v) is 11.0. The lowest BCUT2D eigenvalue weighted by molar-refractivity contribution is -0.138. The van der Waals surface area contributed by atoms with Crippen molar-refractivity contribution in [2.24, 2.45) is 5.92 Å². The highest BCUT2D eigenvalue weighted by Crippen LogP contribution is 2.19. The Labute approximate surface area is 193 Å². The van der Waals surface area contributed by atoms with Gasteiger partial charge in [-0.1, -0.05) is 44.2 Å². The Bertz CT molecular complexity index is 1020. The summed E-state index contributed by atoms with van der Waals surface area (Å²) < 4.78 is 5.34. The molecule has 0 saturated heterocycles. The zero-order valence-corrected chi connectivity index (χ0v) is 19.7. The molecule has 1 amide bonds. The van der Waals surface area contributed by atoms with Crippen molar-refractivity contribution < 1.29 is 19.4 Å². The Morgan fingerprint density at radius 3 is 2.18 bits per heavy atom. The van der Waals surface area contributed by atoms with Crippen LogP contribution in [0.3, 0.4) is 0 Å². The average molecular weight is 460 g/mol. The van der Waals surface area contributed by atoms with Gasteiger partial charge in [-0.25, -0.2) is 9.59 Å². The number of carbonyl (C=O) groups excluding carboxylic acids is 1. The van der Waals surface area contributed by atoms with E-state index in [0.29, 0.717) is 12.8 Å². The molecule has 180 valence electrons. The monoisotopic (exact) mass is 459 g/mol. The van der Waals surface area contributed by atoms with Gasteiger partial charge in [-0.05, 0) is 45.1 Å². The van der Waals surface area contributed by atoms with Gasteiger partial charge in [0, 0.05) is 6.54 Å². The maximum Gasteiger partial charge on any atom is 0.407 e. The van der Waals surface area contributed by atoms with E-state index in [1.165, 1.54) is 0 Å². The van der Waals surface area contributed by atoms with Gasteiger partial charge in [0.15, 0.2) is 0 Å². The molecule has 9 nitrogen and oxygen atoms in total. The van der Waals surface area contributed by atoms with E-state index >= 15 is 0 Å². The van der Waals surface area contributed by atoms with Gasteiger partial charge in [0.05, 0.1) is 6.04 Å². The highest BCUT2D eigenvalue weighted by molar-refractivity contribution is 5.82. The van der Waals surface area contributed by atoms with E-state index in [2.05, 4.69) is 16.0 Å². The number of nitrogens with one attached hydrogen (secondary N) is 3. The number of carboxylic acids is 1. The third-order valence-electron chi connectivity index (χ3n) is 4.81. The molecule has 9 heteroatoms. The molecule has 2 aromatic rings. The molecule has 2 atom stereocenters. The summed E-state index contributed by atoms with van der Waals surface area (Å²) in [6.45, 7) is 9.15. The van der Waals surface area contributed by atoms with E-state index in [9.17, 15) is 24.3 Å².